The van der Waals surface area contributed by atoms with Crippen molar-refractivity contribution in [1.29, 1.82) is 0 Å². The lowest BCUT2D eigenvalue weighted by molar-refractivity contribution is -0.160. The van der Waals surface area contributed by atoms with Crippen LogP contribution in [0.1, 0.15) is 35.3 Å². The molecule has 28 heavy (non-hydrogen) atoms. The van der Waals surface area contributed by atoms with E-state index in [2.05, 4.69) is 17.4 Å². The molecule has 1 N–H and O–H groups in total. The van der Waals surface area contributed by atoms with E-state index in [1.807, 2.05) is 91.0 Å². The third-order valence-corrected chi connectivity index (χ3v) is 4.98. The van der Waals surface area contributed by atoms with E-state index >= 15 is 0 Å². The Morgan fingerprint density at radius 3 is 2.00 bits per heavy atom. The summed E-state index contributed by atoms with van der Waals surface area (Å²) in [4.78, 5) is 12.7. The van der Waals surface area contributed by atoms with Crippen LogP contribution in [0.15, 0.2) is 97.1 Å². The predicted octanol–water partition coefficient (Wildman–Crippen LogP) is 5.09. The lowest BCUT2D eigenvalue weighted by Crippen LogP contribution is -2.48. The fraction of sp³-hybridized carbons (Fsp3) is 0.160. The molecule has 4 rings (SSSR count). The lowest BCUT2D eigenvalue weighted by Gasteiger charge is -2.37. The van der Waals surface area contributed by atoms with E-state index in [0.29, 0.717) is 6.42 Å². The maximum absolute atomic E-state index is 12.7. The minimum Gasteiger partial charge on any atom is -0.454 e. The highest BCUT2D eigenvalue weighted by Crippen LogP contribution is 2.36. The summed E-state index contributed by atoms with van der Waals surface area (Å²) in [6.45, 7) is 0. The Hall–Kier alpha value is -3.17. The average molecular weight is 369 g/mol. The molecule has 140 valence electrons. The van der Waals surface area contributed by atoms with Gasteiger partial charge in [-0.05, 0) is 23.1 Å². The van der Waals surface area contributed by atoms with Crippen molar-refractivity contribution in [2.75, 3.05) is 0 Å². The molecule has 1 fully saturated rings. The van der Waals surface area contributed by atoms with Crippen LogP contribution in [0, 0.1) is 0 Å². The van der Waals surface area contributed by atoms with Crippen molar-refractivity contribution in [3.8, 4) is 0 Å². The van der Waals surface area contributed by atoms with Gasteiger partial charge in [-0.1, -0.05) is 103 Å². The van der Waals surface area contributed by atoms with Crippen LogP contribution in [-0.2, 0) is 9.53 Å². The highest BCUT2D eigenvalue weighted by molar-refractivity contribution is 5.77. The monoisotopic (exact) mass is 369 g/mol. The molecular weight excluding hydrogens is 346 g/mol. The van der Waals surface area contributed by atoms with Gasteiger partial charge in [-0.15, -0.1) is 0 Å². The molecule has 0 spiro atoms. The molecule has 0 bridgehead atoms. The van der Waals surface area contributed by atoms with Gasteiger partial charge in [0.15, 0.2) is 0 Å². The molecule has 1 aliphatic rings. The van der Waals surface area contributed by atoms with Crippen molar-refractivity contribution >= 4 is 12.0 Å². The minimum absolute atomic E-state index is 0.0866. The Morgan fingerprint density at radius 2 is 1.36 bits per heavy atom. The summed E-state index contributed by atoms with van der Waals surface area (Å²) in [6.07, 6.45) is 4.30. The minimum atomic E-state index is -0.370. The van der Waals surface area contributed by atoms with E-state index in [9.17, 15) is 4.79 Å². The maximum Gasteiger partial charge on any atom is 0.324 e. The number of carbonyl (C=O) groups excluding carboxylic acids is 1. The normalized spacial score (nSPS) is 22.1. The largest absolute Gasteiger partial charge is 0.454 e. The Kier molecular flexibility index (Phi) is 5.64. The number of carbonyl (C=O) groups is 1. The van der Waals surface area contributed by atoms with Crippen LogP contribution in [0.2, 0.25) is 0 Å². The van der Waals surface area contributed by atoms with Crippen LogP contribution in [-0.4, -0.2) is 12.0 Å². The van der Waals surface area contributed by atoms with Gasteiger partial charge in [-0.2, -0.15) is 0 Å². The Labute approximate surface area is 165 Å². The van der Waals surface area contributed by atoms with Gasteiger partial charge in [0.1, 0.15) is 12.1 Å². The number of ether oxygens (including phenoxy) is 1. The van der Waals surface area contributed by atoms with Crippen LogP contribution in [0.25, 0.3) is 6.08 Å². The van der Waals surface area contributed by atoms with Crippen LogP contribution in [0.4, 0.5) is 0 Å². The quantitative estimate of drug-likeness (QED) is 0.637. The number of hydrogen-bond acceptors (Lipinski definition) is 3. The van der Waals surface area contributed by atoms with Crippen molar-refractivity contribution < 1.29 is 9.53 Å². The zero-order valence-electron chi connectivity index (χ0n) is 15.6. The molecule has 1 saturated heterocycles. The number of nitrogens with one attached hydrogen (secondary N) is 1. The first kappa shape index (κ1) is 18.2. The second-order valence-corrected chi connectivity index (χ2v) is 6.92. The molecule has 1 heterocycles. The van der Waals surface area contributed by atoms with Gasteiger partial charge in [0.05, 0.1) is 6.04 Å². The molecule has 0 aliphatic carbocycles. The summed E-state index contributed by atoms with van der Waals surface area (Å²) in [6, 6.07) is 29.7. The van der Waals surface area contributed by atoms with Crippen molar-refractivity contribution in [2.45, 2.75) is 24.6 Å². The third kappa shape index (κ3) is 4.21. The van der Waals surface area contributed by atoms with E-state index in [0.717, 1.165) is 16.7 Å². The number of esters is 1. The van der Waals surface area contributed by atoms with Gasteiger partial charge in [0, 0.05) is 0 Å². The van der Waals surface area contributed by atoms with Crippen molar-refractivity contribution in [2.24, 2.45) is 0 Å². The SMILES string of the molecule is O=C1O[C@@H](c2ccccc2)[C@@H](c2ccccc2)N[C@@H]1C/C=C/c1ccccc1. The molecule has 1 aliphatic heterocycles. The molecular formula is C25H23NO2. The number of morpholine rings is 1. The highest BCUT2D eigenvalue weighted by Gasteiger charge is 2.38. The number of hydrogen-bond donors (Lipinski definition) is 1. The zero-order valence-corrected chi connectivity index (χ0v) is 15.6. The summed E-state index contributed by atoms with van der Waals surface area (Å²) in [7, 11) is 0. The molecule has 0 unspecified atom stereocenters. The third-order valence-electron chi connectivity index (χ3n) is 4.98. The molecule has 3 heteroatoms. The van der Waals surface area contributed by atoms with Gasteiger partial charge in [0.25, 0.3) is 0 Å². The summed E-state index contributed by atoms with van der Waals surface area (Å²) >= 11 is 0. The lowest BCUT2D eigenvalue weighted by atomic mass is 9.92. The van der Waals surface area contributed by atoms with Gasteiger partial charge < -0.3 is 4.74 Å². The molecule has 3 atom stereocenters. The average Bonchev–Trinajstić information content (AvgIpc) is 2.76. The van der Waals surface area contributed by atoms with Gasteiger partial charge in [0.2, 0.25) is 0 Å². The molecule has 3 aromatic rings. The van der Waals surface area contributed by atoms with E-state index < -0.39 is 0 Å². The first-order chi connectivity index (χ1) is 13.8. The smallest absolute Gasteiger partial charge is 0.324 e. The summed E-state index contributed by atoms with van der Waals surface area (Å²) in [5.74, 6) is -0.209. The van der Waals surface area contributed by atoms with Crippen molar-refractivity contribution in [3.63, 3.8) is 0 Å². The topological polar surface area (TPSA) is 38.3 Å². The first-order valence-electron chi connectivity index (χ1n) is 9.59. The molecule has 0 aromatic heterocycles. The molecule has 0 amide bonds. The molecule has 0 radical (unpaired) electrons. The van der Waals surface area contributed by atoms with Crippen LogP contribution >= 0.6 is 0 Å². The van der Waals surface area contributed by atoms with E-state index in [1.165, 1.54) is 0 Å². The first-order valence-corrected chi connectivity index (χ1v) is 9.59. The standard InChI is InChI=1S/C25H23NO2/c27-25-22(18-10-13-19-11-4-1-5-12-19)26-23(20-14-6-2-7-15-20)24(28-25)21-16-8-3-9-17-21/h1-17,22-24,26H,18H2/b13-10+/t22-,23-,24+/m1/s1. The van der Waals surface area contributed by atoms with Gasteiger partial charge in [-0.3, -0.25) is 10.1 Å². The molecule has 3 nitrogen and oxygen atoms in total. The molecule has 3 aromatic carbocycles. The maximum atomic E-state index is 12.7. The van der Waals surface area contributed by atoms with E-state index in [1.54, 1.807) is 0 Å². The van der Waals surface area contributed by atoms with E-state index in [4.69, 9.17) is 4.74 Å². The number of cyclic esters (lactones) is 1. The second kappa shape index (κ2) is 8.68. The fourth-order valence-corrected chi connectivity index (χ4v) is 3.55. The predicted molar refractivity (Wildman–Crippen MR) is 111 cm³/mol. The van der Waals surface area contributed by atoms with Gasteiger partial charge in [-0.25, -0.2) is 0 Å². The Balaban J connectivity index is 1.55. The summed E-state index contributed by atoms with van der Waals surface area (Å²) in [5.41, 5.74) is 3.23. The Bertz CT molecular complexity index is 923. The van der Waals surface area contributed by atoms with Crippen molar-refractivity contribution in [1.82, 2.24) is 5.32 Å². The Morgan fingerprint density at radius 1 is 0.786 bits per heavy atom. The van der Waals surface area contributed by atoms with E-state index in [-0.39, 0.29) is 24.2 Å². The second-order valence-electron chi connectivity index (χ2n) is 6.92. The number of rotatable bonds is 5. The van der Waals surface area contributed by atoms with Crippen LogP contribution < -0.4 is 5.32 Å². The summed E-state index contributed by atoms with van der Waals surface area (Å²) in [5, 5.41) is 3.53. The highest BCUT2D eigenvalue weighted by atomic mass is 16.5. The van der Waals surface area contributed by atoms with Gasteiger partial charge >= 0.3 is 5.97 Å². The van der Waals surface area contributed by atoms with Crippen LogP contribution in [0.5, 0.6) is 0 Å². The zero-order chi connectivity index (χ0) is 19.2. The number of benzene rings is 3. The summed E-state index contributed by atoms with van der Waals surface area (Å²) < 4.78 is 5.92. The fourth-order valence-electron chi connectivity index (χ4n) is 3.55. The molecule has 0 saturated carbocycles. The van der Waals surface area contributed by atoms with Crippen molar-refractivity contribution in [3.05, 3.63) is 114 Å². The van der Waals surface area contributed by atoms with Crippen LogP contribution in [0.3, 0.4) is 0 Å².